The quantitative estimate of drug-likeness (QED) is 0.747. The SMILES string of the molecule is CC(Cl)c1nc2cc(F)ccc2n1CC1(C)CCC1. The Balaban J connectivity index is 2.11. The van der Waals surface area contributed by atoms with Gasteiger partial charge in [0.25, 0.3) is 0 Å². The van der Waals surface area contributed by atoms with Crippen LogP contribution in [0.5, 0.6) is 0 Å². The van der Waals surface area contributed by atoms with Gasteiger partial charge in [0.1, 0.15) is 11.6 Å². The van der Waals surface area contributed by atoms with E-state index in [2.05, 4.69) is 16.5 Å². The Hall–Kier alpha value is -1.09. The molecule has 1 aromatic heterocycles. The predicted molar refractivity (Wildman–Crippen MR) is 75.9 cm³/mol. The second kappa shape index (κ2) is 4.48. The summed E-state index contributed by atoms with van der Waals surface area (Å²) in [6.45, 7) is 5.13. The van der Waals surface area contributed by atoms with Crippen LogP contribution in [-0.4, -0.2) is 9.55 Å². The van der Waals surface area contributed by atoms with E-state index >= 15 is 0 Å². The van der Waals surface area contributed by atoms with Crippen molar-refractivity contribution in [2.45, 2.75) is 45.0 Å². The number of benzene rings is 1. The van der Waals surface area contributed by atoms with Crippen LogP contribution in [0.15, 0.2) is 18.2 Å². The third kappa shape index (κ3) is 2.25. The monoisotopic (exact) mass is 280 g/mol. The van der Waals surface area contributed by atoms with Crippen molar-refractivity contribution in [1.29, 1.82) is 0 Å². The molecular weight excluding hydrogens is 263 g/mol. The lowest BCUT2D eigenvalue weighted by atomic mass is 9.70. The zero-order chi connectivity index (χ0) is 13.6. The number of halogens is 2. The minimum absolute atomic E-state index is 0.167. The van der Waals surface area contributed by atoms with E-state index in [1.807, 2.05) is 13.0 Å². The summed E-state index contributed by atoms with van der Waals surface area (Å²) in [6.07, 6.45) is 3.78. The molecule has 1 fully saturated rings. The number of imidazole rings is 1. The molecule has 0 aliphatic heterocycles. The smallest absolute Gasteiger partial charge is 0.127 e. The molecule has 2 aromatic rings. The van der Waals surface area contributed by atoms with Gasteiger partial charge in [0.2, 0.25) is 0 Å². The van der Waals surface area contributed by atoms with Crippen LogP contribution in [0.2, 0.25) is 0 Å². The van der Waals surface area contributed by atoms with Gasteiger partial charge in [-0.3, -0.25) is 0 Å². The molecule has 0 amide bonds. The summed E-state index contributed by atoms with van der Waals surface area (Å²) in [7, 11) is 0. The minimum Gasteiger partial charge on any atom is -0.326 e. The molecule has 4 heteroatoms. The molecule has 0 bridgehead atoms. The fourth-order valence-corrected chi connectivity index (χ4v) is 3.08. The lowest BCUT2D eigenvalue weighted by Crippen LogP contribution is -2.31. The summed E-state index contributed by atoms with van der Waals surface area (Å²) in [5.41, 5.74) is 2.02. The number of nitrogens with zero attached hydrogens (tertiary/aromatic N) is 2. The Kier molecular flexibility index (Phi) is 3.05. The number of hydrogen-bond acceptors (Lipinski definition) is 1. The highest BCUT2D eigenvalue weighted by molar-refractivity contribution is 6.20. The number of rotatable bonds is 3. The van der Waals surface area contributed by atoms with Crippen molar-refractivity contribution in [3.8, 4) is 0 Å². The number of alkyl halides is 1. The van der Waals surface area contributed by atoms with E-state index in [0.29, 0.717) is 10.9 Å². The fraction of sp³-hybridized carbons (Fsp3) is 0.533. The first kappa shape index (κ1) is 12.9. The Morgan fingerprint density at radius 3 is 2.79 bits per heavy atom. The maximum atomic E-state index is 13.3. The first-order valence-corrected chi connectivity index (χ1v) is 7.22. The Morgan fingerprint density at radius 1 is 1.47 bits per heavy atom. The van der Waals surface area contributed by atoms with Crippen molar-refractivity contribution in [3.05, 3.63) is 29.8 Å². The number of aromatic nitrogens is 2. The van der Waals surface area contributed by atoms with Crippen LogP contribution in [0.4, 0.5) is 4.39 Å². The Morgan fingerprint density at radius 2 is 2.21 bits per heavy atom. The Labute approximate surface area is 117 Å². The summed E-state index contributed by atoms with van der Waals surface area (Å²) >= 11 is 6.23. The van der Waals surface area contributed by atoms with Crippen molar-refractivity contribution in [2.24, 2.45) is 5.41 Å². The topological polar surface area (TPSA) is 17.8 Å². The van der Waals surface area contributed by atoms with Gasteiger partial charge >= 0.3 is 0 Å². The molecule has 0 spiro atoms. The summed E-state index contributed by atoms with van der Waals surface area (Å²) in [4.78, 5) is 4.51. The van der Waals surface area contributed by atoms with Crippen molar-refractivity contribution in [2.75, 3.05) is 0 Å². The van der Waals surface area contributed by atoms with E-state index in [9.17, 15) is 4.39 Å². The zero-order valence-corrected chi connectivity index (χ0v) is 12.0. The van der Waals surface area contributed by atoms with Crippen LogP contribution in [0.25, 0.3) is 11.0 Å². The molecule has 102 valence electrons. The van der Waals surface area contributed by atoms with Crippen LogP contribution in [0, 0.1) is 11.2 Å². The van der Waals surface area contributed by atoms with E-state index < -0.39 is 0 Å². The zero-order valence-electron chi connectivity index (χ0n) is 11.3. The summed E-state index contributed by atoms with van der Waals surface area (Å²) in [5, 5.41) is -0.167. The molecule has 3 rings (SSSR count). The lowest BCUT2D eigenvalue weighted by molar-refractivity contribution is 0.132. The van der Waals surface area contributed by atoms with Gasteiger partial charge in [-0.2, -0.15) is 0 Å². The normalized spacial score (nSPS) is 19.4. The summed E-state index contributed by atoms with van der Waals surface area (Å²) in [5.74, 6) is 0.594. The maximum absolute atomic E-state index is 13.3. The lowest BCUT2D eigenvalue weighted by Gasteiger charge is -2.39. The third-order valence-corrected chi connectivity index (χ3v) is 4.39. The number of fused-ring (bicyclic) bond motifs is 1. The molecule has 1 aromatic carbocycles. The molecule has 0 N–H and O–H groups in total. The van der Waals surface area contributed by atoms with E-state index in [1.165, 1.54) is 31.4 Å². The Bertz CT molecular complexity index is 614. The molecular formula is C15H18ClFN2. The summed E-state index contributed by atoms with van der Waals surface area (Å²) in [6, 6.07) is 4.78. The highest BCUT2D eigenvalue weighted by Gasteiger charge is 2.33. The van der Waals surface area contributed by atoms with E-state index in [-0.39, 0.29) is 11.2 Å². The second-order valence-corrected chi connectivity index (χ2v) is 6.62. The van der Waals surface area contributed by atoms with Gasteiger partial charge < -0.3 is 4.57 Å². The molecule has 19 heavy (non-hydrogen) atoms. The molecule has 1 heterocycles. The van der Waals surface area contributed by atoms with Gasteiger partial charge in [-0.1, -0.05) is 13.3 Å². The van der Waals surface area contributed by atoms with Crippen LogP contribution >= 0.6 is 11.6 Å². The predicted octanol–water partition coefficient (Wildman–Crippen LogP) is 4.67. The van der Waals surface area contributed by atoms with Gasteiger partial charge in [-0.05, 0) is 37.3 Å². The molecule has 1 atom stereocenters. The van der Waals surface area contributed by atoms with Crippen molar-refractivity contribution in [1.82, 2.24) is 9.55 Å². The summed E-state index contributed by atoms with van der Waals surface area (Å²) < 4.78 is 15.5. The molecule has 0 saturated heterocycles. The molecule has 1 aliphatic carbocycles. The van der Waals surface area contributed by atoms with Gasteiger partial charge in [0.15, 0.2) is 0 Å². The molecule has 1 saturated carbocycles. The first-order chi connectivity index (χ1) is 8.98. The molecule has 2 nitrogen and oxygen atoms in total. The second-order valence-electron chi connectivity index (χ2n) is 5.97. The van der Waals surface area contributed by atoms with Gasteiger partial charge in [0.05, 0.1) is 16.4 Å². The third-order valence-electron chi connectivity index (χ3n) is 4.20. The van der Waals surface area contributed by atoms with E-state index in [4.69, 9.17) is 11.6 Å². The van der Waals surface area contributed by atoms with Crippen molar-refractivity contribution in [3.63, 3.8) is 0 Å². The van der Waals surface area contributed by atoms with Gasteiger partial charge in [-0.15, -0.1) is 11.6 Å². The fourth-order valence-electron chi connectivity index (χ4n) is 2.91. The van der Waals surface area contributed by atoms with Gasteiger partial charge in [-0.25, -0.2) is 9.37 Å². The highest BCUT2D eigenvalue weighted by Crippen LogP contribution is 2.43. The molecule has 1 aliphatic rings. The van der Waals surface area contributed by atoms with E-state index in [1.54, 1.807) is 0 Å². The van der Waals surface area contributed by atoms with Crippen molar-refractivity contribution >= 4 is 22.6 Å². The minimum atomic E-state index is -0.249. The standard InChI is InChI=1S/C15H18ClFN2/c1-10(16)14-18-12-8-11(17)4-5-13(12)19(14)9-15(2)6-3-7-15/h4-5,8,10H,3,6-7,9H2,1-2H3. The average Bonchev–Trinajstić information content (AvgIpc) is 2.65. The molecule has 0 radical (unpaired) electrons. The number of hydrogen-bond donors (Lipinski definition) is 0. The maximum Gasteiger partial charge on any atom is 0.127 e. The van der Waals surface area contributed by atoms with Crippen LogP contribution in [0.1, 0.15) is 44.3 Å². The molecule has 1 unspecified atom stereocenters. The average molecular weight is 281 g/mol. The highest BCUT2D eigenvalue weighted by atomic mass is 35.5. The largest absolute Gasteiger partial charge is 0.326 e. The van der Waals surface area contributed by atoms with Crippen LogP contribution in [0.3, 0.4) is 0 Å². The van der Waals surface area contributed by atoms with E-state index in [0.717, 1.165) is 17.9 Å². The van der Waals surface area contributed by atoms with Crippen molar-refractivity contribution < 1.29 is 4.39 Å². The van der Waals surface area contributed by atoms with Crippen LogP contribution in [-0.2, 0) is 6.54 Å². The van der Waals surface area contributed by atoms with Gasteiger partial charge in [0, 0.05) is 12.6 Å². The first-order valence-electron chi connectivity index (χ1n) is 6.78. The van der Waals surface area contributed by atoms with Crippen LogP contribution < -0.4 is 0 Å².